The maximum absolute atomic E-state index is 14.3. The zero-order valence-corrected chi connectivity index (χ0v) is 32.9. The maximum Gasteiger partial charge on any atom is 0.285 e. The Kier molecular flexibility index (Phi) is 13.2. The number of rotatable bonds is 7. The molecule has 7 atom stereocenters. The molecule has 2 amide bonds. The molecule has 1 aromatic heterocycles. The number of aromatic nitrogens is 2. The van der Waals surface area contributed by atoms with Crippen molar-refractivity contribution in [2.75, 3.05) is 38.9 Å². The number of fused-ring (bicyclic) bond motifs is 3. The third kappa shape index (κ3) is 9.02. The highest BCUT2D eigenvalue weighted by atomic mass is 35.5. The van der Waals surface area contributed by atoms with Crippen molar-refractivity contribution in [1.29, 1.82) is 0 Å². The summed E-state index contributed by atoms with van der Waals surface area (Å²) < 4.78 is 44.0. The number of nitrogens with one attached hydrogen (secondary N) is 1. The molecule has 0 spiro atoms. The van der Waals surface area contributed by atoms with E-state index in [-0.39, 0.29) is 41.6 Å². The van der Waals surface area contributed by atoms with Gasteiger partial charge in [0.25, 0.3) is 11.8 Å². The molecule has 1 fully saturated rings. The first kappa shape index (κ1) is 39.5. The fourth-order valence-electron chi connectivity index (χ4n) is 7.53. The van der Waals surface area contributed by atoms with Gasteiger partial charge in [0.15, 0.2) is 0 Å². The molecular weight excluding hydrogens is 730 g/mol. The van der Waals surface area contributed by atoms with Crippen LogP contribution < -0.4 is 19.7 Å². The maximum atomic E-state index is 14.3. The van der Waals surface area contributed by atoms with Gasteiger partial charge in [0.1, 0.15) is 16.7 Å². The van der Waals surface area contributed by atoms with Crippen LogP contribution in [0.5, 0.6) is 11.6 Å². The SMILES string of the molecule is C=CCO[C@H]1/C=C/[C@H](OC)[C@@H]2CC[C@H]2CN2Cc3ccc(Cl)cc3CCCCOc3ccc(cc32)C(=O)/N=[SH](=O)\C(NC(=O)c2cn(C)nc2OC)[C@H]1C. The number of carbonyl (C=O) groups excluding carboxylic acids is 2. The Morgan fingerprint density at radius 1 is 1.13 bits per heavy atom. The largest absolute Gasteiger partial charge is 0.491 e. The Labute approximate surface area is 324 Å². The third-order valence-electron chi connectivity index (χ3n) is 10.7. The second-order valence-corrected chi connectivity index (χ2v) is 16.0. The summed E-state index contributed by atoms with van der Waals surface area (Å²) in [5.74, 6) is -0.609. The number of anilines is 1. The van der Waals surface area contributed by atoms with E-state index in [0.717, 1.165) is 43.4 Å². The normalized spacial score (nSPS) is 27.0. The summed E-state index contributed by atoms with van der Waals surface area (Å²) in [4.78, 5) is 30.0. The van der Waals surface area contributed by atoms with Gasteiger partial charge in [0.05, 0.1) is 48.8 Å². The number of halogens is 1. The standard InChI is InChI=1S/C40H50ClN5O7S/c1-6-18-52-34-16-17-35(50-4)31-14-11-29(31)23-46-22-28-10-13-30(41)20-26(28)9-7-8-19-53-36-15-12-27(21-33(36)46)37(47)44-54(49)40(25(34)2)42-38(48)32-24-45(3)43-39(32)51-5/h6,10,12-13,15-17,20-21,24-25,29,31,34-35,40,54H,1,7-9,11,14,18-19,22-23H2,2-5H3,(H,42,48)/b17-16+/t25-,29-,31+,34-,35-,40?/m0/s1. The van der Waals surface area contributed by atoms with E-state index in [1.807, 2.05) is 31.2 Å². The van der Waals surface area contributed by atoms with Crippen LogP contribution in [-0.4, -0.2) is 77.4 Å². The highest BCUT2D eigenvalue weighted by molar-refractivity contribution is 7.76. The van der Waals surface area contributed by atoms with Gasteiger partial charge in [0, 0.05) is 49.9 Å². The first-order valence-corrected chi connectivity index (χ1v) is 20.1. The molecule has 1 aliphatic carbocycles. The van der Waals surface area contributed by atoms with Gasteiger partial charge >= 0.3 is 0 Å². The Morgan fingerprint density at radius 3 is 2.69 bits per heavy atom. The van der Waals surface area contributed by atoms with Crippen LogP contribution in [0.1, 0.15) is 64.4 Å². The number of ether oxygens (including phenoxy) is 4. The number of hydrogen-bond donors (Lipinski definition) is 2. The summed E-state index contributed by atoms with van der Waals surface area (Å²) in [7, 11) is 2.06. The monoisotopic (exact) mass is 779 g/mol. The van der Waals surface area contributed by atoms with Crippen LogP contribution in [0.2, 0.25) is 5.02 Å². The minimum atomic E-state index is -2.73. The highest BCUT2D eigenvalue weighted by Gasteiger charge is 2.39. The number of amides is 2. The average molecular weight is 780 g/mol. The molecule has 14 heteroatoms. The molecule has 3 heterocycles. The molecule has 3 aliphatic rings. The molecule has 1 saturated carbocycles. The van der Waals surface area contributed by atoms with E-state index in [1.165, 1.54) is 23.6 Å². The summed E-state index contributed by atoms with van der Waals surface area (Å²) in [6.07, 6.45) is 10.8. The lowest BCUT2D eigenvalue weighted by molar-refractivity contribution is 0.0113. The molecule has 6 rings (SSSR count). The Bertz CT molecular complexity index is 1960. The van der Waals surface area contributed by atoms with E-state index in [9.17, 15) is 13.8 Å². The quantitative estimate of drug-likeness (QED) is 0.213. The van der Waals surface area contributed by atoms with Gasteiger partial charge in [-0.1, -0.05) is 42.8 Å². The second-order valence-electron chi connectivity index (χ2n) is 14.2. The predicted molar refractivity (Wildman–Crippen MR) is 210 cm³/mol. The van der Waals surface area contributed by atoms with E-state index in [2.05, 4.69) is 32.3 Å². The van der Waals surface area contributed by atoms with Crippen molar-refractivity contribution < 1.29 is 32.7 Å². The average Bonchev–Trinajstić information content (AvgIpc) is 3.53. The minimum absolute atomic E-state index is 0.108. The molecule has 2 aromatic carbocycles. The number of aryl methyl sites for hydroxylation is 2. The van der Waals surface area contributed by atoms with Crippen molar-refractivity contribution in [2.24, 2.45) is 29.2 Å². The molecule has 2 bridgehead atoms. The number of nitrogens with zero attached hydrogens (tertiary/aromatic N) is 4. The highest BCUT2D eigenvalue weighted by Crippen LogP contribution is 2.42. The molecule has 2 unspecified atom stereocenters. The summed E-state index contributed by atoms with van der Waals surface area (Å²) >= 11 is 6.48. The number of methoxy groups -OCH3 is 2. The smallest absolute Gasteiger partial charge is 0.285 e. The summed E-state index contributed by atoms with van der Waals surface area (Å²) in [5, 5.41) is 6.66. The first-order chi connectivity index (χ1) is 26.1. The lowest BCUT2D eigenvalue weighted by atomic mass is 9.70. The number of benzene rings is 2. The molecule has 12 nitrogen and oxygen atoms in total. The lowest BCUT2D eigenvalue weighted by Crippen LogP contribution is -2.45. The van der Waals surface area contributed by atoms with Gasteiger partial charge in [-0.15, -0.1) is 11.7 Å². The van der Waals surface area contributed by atoms with Crippen molar-refractivity contribution in [1.82, 2.24) is 15.1 Å². The van der Waals surface area contributed by atoms with Crippen molar-refractivity contribution in [3.8, 4) is 11.6 Å². The van der Waals surface area contributed by atoms with Crippen LogP contribution in [0, 0.1) is 17.8 Å². The fourth-order valence-corrected chi connectivity index (χ4v) is 8.95. The number of hydrogen-bond acceptors (Lipinski definition) is 9. The van der Waals surface area contributed by atoms with Crippen LogP contribution in [0.25, 0.3) is 0 Å². The topological polar surface area (TPSA) is 134 Å². The lowest BCUT2D eigenvalue weighted by Gasteiger charge is -2.44. The van der Waals surface area contributed by atoms with Crippen LogP contribution in [0.3, 0.4) is 0 Å². The summed E-state index contributed by atoms with van der Waals surface area (Å²) in [6, 6.07) is 11.3. The molecule has 0 radical (unpaired) electrons. The van der Waals surface area contributed by atoms with Crippen molar-refractivity contribution in [3.05, 3.63) is 94.7 Å². The zero-order chi connectivity index (χ0) is 38.4. The van der Waals surface area contributed by atoms with Crippen LogP contribution in [0.15, 0.2) is 71.8 Å². The molecule has 2 aliphatic heterocycles. The van der Waals surface area contributed by atoms with E-state index < -0.39 is 39.8 Å². The Balaban J connectivity index is 1.47. The van der Waals surface area contributed by atoms with Crippen molar-refractivity contribution in [2.45, 2.75) is 63.2 Å². The molecular formula is C40H50ClN5O7S. The molecule has 3 aromatic rings. The molecule has 290 valence electrons. The van der Waals surface area contributed by atoms with Gasteiger partial charge in [-0.2, -0.15) is 4.36 Å². The van der Waals surface area contributed by atoms with Gasteiger partial charge < -0.3 is 29.2 Å². The van der Waals surface area contributed by atoms with E-state index in [1.54, 1.807) is 38.4 Å². The molecule has 1 N–H and O–H groups in total. The number of thiol groups is 1. The van der Waals surface area contributed by atoms with Gasteiger partial charge in [0.2, 0.25) is 5.88 Å². The van der Waals surface area contributed by atoms with Crippen molar-refractivity contribution >= 4 is 39.7 Å². The van der Waals surface area contributed by atoms with E-state index in [0.29, 0.717) is 30.5 Å². The number of carbonyl (C=O) groups is 2. The molecule has 0 saturated heterocycles. The van der Waals surface area contributed by atoms with Crippen LogP contribution in [0.4, 0.5) is 5.69 Å². The van der Waals surface area contributed by atoms with Gasteiger partial charge in [-0.05, 0) is 85.4 Å². The van der Waals surface area contributed by atoms with E-state index in [4.69, 9.17) is 30.5 Å². The van der Waals surface area contributed by atoms with Crippen LogP contribution in [-0.2, 0) is 40.1 Å². The fraction of sp³-hybridized carbons (Fsp3) is 0.475. The van der Waals surface area contributed by atoms with Gasteiger partial charge in [-0.3, -0.25) is 18.5 Å². The van der Waals surface area contributed by atoms with Gasteiger partial charge in [-0.25, -0.2) is 0 Å². The van der Waals surface area contributed by atoms with E-state index >= 15 is 0 Å². The molecule has 54 heavy (non-hydrogen) atoms. The zero-order valence-electron chi connectivity index (χ0n) is 31.3. The summed E-state index contributed by atoms with van der Waals surface area (Å²) in [5.41, 5.74) is 3.52. The Hall–Kier alpha value is -4.17. The first-order valence-electron chi connectivity index (χ1n) is 18.4. The van der Waals surface area contributed by atoms with Crippen LogP contribution >= 0.6 is 11.6 Å². The predicted octanol–water partition coefficient (Wildman–Crippen LogP) is 6.18. The minimum Gasteiger partial charge on any atom is -0.491 e. The second kappa shape index (κ2) is 18.0. The summed E-state index contributed by atoms with van der Waals surface area (Å²) in [6.45, 7) is 7.60. The van der Waals surface area contributed by atoms with Crippen molar-refractivity contribution in [3.63, 3.8) is 0 Å². The Morgan fingerprint density at radius 2 is 1.94 bits per heavy atom. The third-order valence-corrected chi connectivity index (χ3v) is 12.3.